The van der Waals surface area contributed by atoms with Crippen LogP contribution < -0.4 is 16.1 Å². The lowest BCUT2D eigenvalue weighted by Crippen LogP contribution is -2.31. The number of thiophene rings is 1. The Kier molecular flexibility index (Phi) is 10.3. The molecule has 2 aromatic carbocycles. The van der Waals surface area contributed by atoms with E-state index in [1.165, 1.54) is 29.7 Å². The van der Waals surface area contributed by atoms with Crippen molar-refractivity contribution in [3.8, 4) is 0 Å². The number of anilines is 1. The largest absolute Gasteiger partial charge is 0.320 e. The zero-order valence-electron chi connectivity index (χ0n) is 20.8. The van der Waals surface area contributed by atoms with Crippen LogP contribution in [0.25, 0.3) is 0 Å². The molecule has 3 N–H and O–H groups in total. The lowest BCUT2D eigenvalue weighted by atomic mass is 10.1. The fraction of sp³-hybridized carbons (Fsp3) is 0.296. The third kappa shape index (κ3) is 7.81. The fourth-order valence-electron chi connectivity index (χ4n) is 3.59. The zero-order valence-corrected chi connectivity index (χ0v) is 21.6. The standard InChI is InChI=1S/C27H32FN5O2S/c1-4-33(5-2)13-12-29-16-20-8-6-10-22(14-20)26(34)31-24-19(3)18-36-25(24)27(35)32-30-17-21-9-7-11-23(28)15-21/h6-11,14-15,17-18,29H,4-5,12-13,16H2,1-3H3,(H,31,34)(H,32,35). The molecule has 0 atom stereocenters. The summed E-state index contributed by atoms with van der Waals surface area (Å²) in [6.07, 6.45) is 1.36. The molecule has 0 unspecified atom stereocenters. The third-order valence-electron chi connectivity index (χ3n) is 5.67. The van der Waals surface area contributed by atoms with Crippen LogP contribution in [0.5, 0.6) is 0 Å². The van der Waals surface area contributed by atoms with E-state index in [0.717, 1.165) is 37.3 Å². The van der Waals surface area contributed by atoms with Gasteiger partial charge in [0.25, 0.3) is 11.8 Å². The molecule has 36 heavy (non-hydrogen) atoms. The maximum Gasteiger partial charge on any atom is 0.283 e. The number of rotatable bonds is 12. The Morgan fingerprint density at radius 2 is 1.86 bits per heavy atom. The molecule has 3 aromatic rings. The minimum Gasteiger partial charge on any atom is -0.320 e. The molecule has 190 valence electrons. The van der Waals surface area contributed by atoms with Gasteiger partial charge in [-0.1, -0.05) is 38.1 Å². The van der Waals surface area contributed by atoms with Gasteiger partial charge >= 0.3 is 0 Å². The lowest BCUT2D eigenvalue weighted by Gasteiger charge is -2.18. The number of hydrogen-bond acceptors (Lipinski definition) is 6. The summed E-state index contributed by atoms with van der Waals surface area (Å²) in [4.78, 5) is 28.4. The molecule has 0 aliphatic carbocycles. The number of carbonyl (C=O) groups excluding carboxylic acids is 2. The van der Waals surface area contributed by atoms with E-state index in [1.807, 2.05) is 25.1 Å². The molecular weight excluding hydrogens is 477 g/mol. The summed E-state index contributed by atoms with van der Waals surface area (Å²) in [6.45, 7) is 10.7. The monoisotopic (exact) mass is 509 g/mol. The van der Waals surface area contributed by atoms with Crippen molar-refractivity contribution in [2.75, 3.05) is 31.5 Å². The van der Waals surface area contributed by atoms with E-state index in [-0.39, 0.29) is 11.7 Å². The van der Waals surface area contributed by atoms with Crippen LogP contribution in [0.2, 0.25) is 0 Å². The van der Waals surface area contributed by atoms with Crippen LogP contribution in [0.3, 0.4) is 0 Å². The van der Waals surface area contributed by atoms with Crippen molar-refractivity contribution in [1.29, 1.82) is 0 Å². The average molecular weight is 510 g/mol. The molecule has 0 aliphatic rings. The summed E-state index contributed by atoms with van der Waals surface area (Å²) >= 11 is 1.22. The first-order chi connectivity index (χ1) is 17.4. The van der Waals surface area contributed by atoms with Crippen molar-refractivity contribution in [2.24, 2.45) is 5.10 Å². The molecule has 0 radical (unpaired) electrons. The number of halogens is 1. The van der Waals surface area contributed by atoms with Gasteiger partial charge in [-0.3, -0.25) is 9.59 Å². The van der Waals surface area contributed by atoms with Gasteiger partial charge in [-0.15, -0.1) is 11.3 Å². The highest BCUT2D eigenvalue weighted by molar-refractivity contribution is 7.13. The zero-order chi connectivity index (χ0) is 25.9. The van der Waals surface area contributed by atoms with Crippen LogP contribution >= 0.6 is 11.3 Å². The third-order valence-corrected chi connectivity index (χ3v) is 6.76. The molecule has 9 heteroatoms. The van der Waals surface area contributed by atoms with Gasteiger partial charge < -0.3 is 15.5 Å². The highest BCUT2D eigenvalue weighted by atomic mass is 32.1. The molecule has 1 heterocycles. The van der Waals surface area contributed by atoms with Crippen LogP contribution in [0, 0.1) is 12.7 Å². The van der Waals surface area contributed by atoms with Crippen molar-refractivity contribution in [3.05, 3.63) is 86.9 Å². The topological polar surface area (TPSA) is 85.8 Å². The van der Waals surface area contributed by atoms with Gasteiger partial charge in [-0.05, 0) is 66.3 Å². The predicted octanol–water partition coefficient (Wildman–Crippen LogP) is 4.64. The number of benzene rings is 2. The Morgan fingerprint density at radius 1 is 1.08 bits per heavy atom. The summed E-state index contributed by atoms with van der Waals surface area (Å²) in [7, 11) is 0. The van der Waals surface area contributed by atoms with Crippen molar-refractivity contribution >= 4 is 35.1 Å². The van der Waals surface area contributed by atoms with Crippen LogP contribution in [0.1, 0.15) is 50.6 Å². The second kappa shape index (κ2) is 13.6. The number of nitrogens with zero attached hydrogens (tertiary/aromatic N) is 2. The molecule has 0 saturated carbocycles. The van der Waals surface area contributed by atoms with Gasteiger partial charge in [0.2, 0.25) is 0 Å². The molecule has 0 bridgehead atoms. The number of likely N-dealkylation sites (N-methyl/N-ethyl adjacent to an activating group) is 1. The summed E-state index contributed by atoms with van der Waals surface area (Å²) in [5.74, 6) is -1.13. The van der Waals surface area contributed by atoms with Crippen LogP contribution in [0.4, 0.5) is 10.1 Å². The van der Waals surface area contributed by atoms with Crippen LogP contribution in [-0.4, -0.2) is 49.1 Å². The maximum absolute atomic E-state index is 13.3. The highest BCUT2D eigenvalue weighted by Crippen LogP contribution is 2.28. The van der Waals surface area contributed by atoms with Crippen LogP contribution in [-0.2, 0) is 6.54 Å². The average Bonchev–Trinajstić information content (AvgIpc) is 3.24. The molecule has 0 fully saturated rings. The minimum atomic E-state index is -0.456. The van der Waals surface area contributed by atoms with Gasteiger partial charge in [-0.2, -0.15) is 5.10 Å². The molecule has 0 spiro atoms. The second-order valence-corrected chi connectivity index (χ2v) is 9.11. The highest BCUT2D eigenvalue weighted by Gasteiger charge is 2.19. The van der Waals surface area contributed by atoms with Crippen molar-refractivity contribution < 1.29 is 14.0 Å². The van der Waals surface area contributed by atoms with Gasteiger partial charge in [0, 0.05) is 25.2 Å². The SMILES string of the molecule is CCN(CC)CCNCc1cccc(C(=O)Nc2c(C)csc2C(=O)NN=Cc2cccc(F)c2)c1. The quantitative estimate of drug-likeness (QED) is 0.189. The minimum absolute atomic E-state index is 0.293. The summed E-state index contributed by atoms with van der Waals surface area (Å²) < 4.78 is 13.3. The molecule has 2 amide bonds. The Hall–Kier alpha value is -3.40. The smallest absolute Gasteiger partial charge is 0.283 e. The van der Waals surface area contributed by atoms with E-state index in [1.54, 1.807) is 23.6 Å². The second-order valence-electron chi connectivity index (χ2n) is 8.24. The summed E-state index contributed by atoms with van der Waals surface area (Å²) in [5, 5.41) is 12.0. The Labute approximate surface area is 215 Å². The first-order valence-electron chi connectivity index (χ1n) is 11.9. The van der Waals surface area contributed by atoms with E-state index in [4.69, 9.17) is 0 Å². The molecule has 1 aromatic heterocycles. The number of amides is 2. The number of hydrogen-bond donors (Lipinski definition) is 3. The molecular formula is C27H32FN5O2S. The normalized spacial score (nSPS) is 11.2. The molecule has 0 aliphatic heterocycles. The Balaban J connectivity index is 1.60. The first-order valence-corrected chi connectivity index (χ1v) is 12.8. The van der Waals surface area contributed by atoms with Crippen molar-refractivity contribution in [2.45, 2.75) is 27.3 Å². The van der Waals surface area contributed by atoms with Gasteiger partial charge in [-0.25, -0.2) is 9.82 Å². The number of hydrazone groups is 1. The summed E-state index contributed by atoms with van der Waals surface area (Å²) in [6, 6.07) is 13.3. The van der Waals surface area contributed by atoms with Gasteiger partial charge in [0.15, 0.2) is 0 Å². The van der Waals surface area contributed by atoms with E-state index in [0.29, 0.717) is 28.2 Å². The molecule has 3 rings (SSSR count). The Morgan fingerprint density at radius 3 is 2.61 bits per heavy atom. The number of aryl methyl sites for hydroxylation is 1. The van der Waals surface area contributed by atoms with Crippen LogP contribution in [0.15, 0.2) is 59.0 Å². The van der Waals surface area contributed by atoms with Crippen molar-refractivity contribution in [3.63, 3.8) is 0 Å². The fourth-order valence-corrected chi connectivity index (χ4v) is 4.48. The molecule has 7 nitrogen and oxygen atoms in total. The van der Waals surface area contributed by atoms with E-state index >= 15 is 0 Å². The van der Waals surface area contributed by atoms with Gasteiger partial charge in [0.1, 0.15) is 10.7 Å². The lowest BCUT2D eigenvalue weighted by molar-refractivity contribution is 0.0960. The van der Waals surface area contributed by atoms with Crippen molar-refractivity contribution in [1.82, 2.24) is 15.6 Å². The predicted molar refractivity (Wildman–Crippen MR) is 144 cm³/mol. The first kappa shape index (κ1) is 27.2. The number of nitrogens with one attached hydrogen (secondary N) is 3. The Bertz CT molecular complexity index is 1210. The van der Waals surface area contributed by atoms with E-state index in [2.05, 4.69) is 39.9 Å². The van der Waals surface area contributed by atoms with E-state index in [9.17, 15) is 14.0 Å². The number of carbonyl (C=O) groups is 2. The molecule has 0 saturated heterocycles. The summed E-state index contributed by atoms with van der Waals surface area (Å²) in [5.41, 5.74) is 5.72. The maximum atomic E-state index is 13.3. The van der Waals surface area contributed by atoms with E-state index < -0.39 is 5.91 Å². The van der Waals surface area contributed by atoms with Gasteiger partial charge in [0.05, 0.1) is 11.9 Å².